The number of imidazole rings is 1. The number of carboxylic acids is 1. The lowest BCUT2D eigenvalue weighted by Gasteiger charge is -2.08. The van der Waals surface area contributed by atoms with Crippen molar-refractivity contribution in [1.29, 1.82) is 0 Å². The summed E-state index contributed by atoms with van der Waals surface area (Å²) in [4.78, 5) is 16.4. The zero-order chi connectivity index (χ0) is 21.1. The molecule has 0 atom stereocenters. The number of nitrogens with zero attached hydrogens (tertiary/aromatic N) is 3. The summed E-state index contributed by atoms with van der Waals surface area (Å²) in [6.07, 6.45) is 5.54. The molecule has 0 spiro atoms. The number of carboxylic acid groups (broad SMARTS) is 1. The molecule has 4 aromatic rings. The van der Waals surface area contributed by atoms with Crippen molar-refractivity contribution in [1.82, 2.24) is 14.6 Å². The largest absolute Gasteiger partial charge is 0.478 e. The monoisotopic (exact) mass is 399 g/mol. The molecular weight excluding hydrogens is 374 g/mol. The van der Waals surface area contributed by atoms with Crippen LogP contribution in [0.3, 0.4) is 0 Å². The molecule has 1 N–H and O–H groups in total. The van der Waals surface area contributed by atoms with Crippen LogP contribution in [0.25, 0.3) is 16.8 Å². The first-order chi connectivity index (χ1) is 14.6. The summed E-state index contributed by atoms with van der Waals surface area (Å²) in [5, 5.41) is 14.1. The smallest absolute Gasteiger partial charge is 0.336 e. The number of aryl methyl sites for hydroxylation is 2. The van der Waals surface area contributed by atoms with Crippen LogP contribution in [0.4, 0.5) is 0 Å². The first kappa shape index (κ1) is 19.8. The molecule has 2 aromatic carbocycles. The van der Waals surface area contributed by atoms with Crippen LogP contribution >= 0.6 is 0 Å². The van der Waals surface area contributed by atoms with Gasteiger partial charge in [-0.25, -0.2) is 14.3 Å². The minimum absolute atomic E-state index is 0.313. The molecule has 30 heavy (non-hydrogen) atoms. The van der Waals surface area contributed by atoms with Gasteiger partial charge >= 0.3 is 5.97 Å². The number of rotatable bonds is 7. The topological polar surface area (TPSA) is 67.5 Å². The Balaban J connectivity index is 1.68. The highest BCUT2D eigenvalue weighted by Crippen LogP contribution is 2.25. The minimum Gasteiger partial charge on any atom is -0.478 e. The summed E-state index contributed by atoms with van der Waals surface area (Å²) in [6, 6.07) is 17.3. The second-order valence-electron chi connectivity index (χ2n) is 7.47. The zero-order valence-corrected chi connectivity index (χ0v) is 17.3. The molecule has 2 aromatic heterocycles. The maximum absolute atomic E-state index is 11.5. The number of aromatic carboxylic acids is 1. The van der Waals surface area contributed by atoms with Crippen molar-refractivity contribution in [2.45, 2.75) is 39.5 Å². The second-order valence-corrected chi connectivity index (χ2v) is 7.47. The predicted molar refractivity (Wildman–Crippen MR) is 118 cm³/mol. The highest BCUT2D eigenvalue weighted by atomic mass is 16.4. The molecule has 0 fully saturated rings. The molecule has 0 aliphatic carbocycles. The van der Waals surface area contributed by atoms with Crippen LogP contribution in [-0.2, 0) is 19.3 Å². The summed E-state index contributed by atoms with van der Waals surface area (Å²) in [7, 11) is 0. The van der Waals surface area contributed by atoms with Crippen molar-refractivity contribution in [2.75, 3.05) is 0 Å². The first-order valence-corrected chi connectivity index (χ1v) is 10.4. The van der Waals surface area contributed by atoms with E-state index in [2.05, 4.69) is 37.1 Å². The SMILES string of the molecule is CCCc1nc2cc(CC)cnn2c1Cc1ccc(-c2ccccc2C(=O)O)cc1. The Morgan fingerprint density at radius 3 is 2.50 bits per heavy atom. The number of hydrogen-bond acceptors (Lipinski definition) is 3. The lowest BCUT2D eigenvalue weighted by Crippen LogP contribution is -2.02. The van der Waals surface area contributed by atoms with E-state index in [-0.39, 0.29) is 0 Å². The van der Waals surface area contributed by atoms with Gasteiger partial charge in [-0.2, -0.15) is 5.10 Å². The van der Waals surface area contributed by atoms with Crippen LogP contribution < -0.4 is 0 Å². The van der Waals surface area contributed by atoms with E-state index < -0.39 is 5.97 Å². The number of aromatic nitrogens is 3. The van der Waals surface area contributed by atoms with Gasteiger partial charge in [0.2, 0.25) is 0 Å². The number of hydrogen-bond donors (Lipinski definition) is 1. The molecular formula is C25H25N3O2. The Hall–Kier alpha value is -3.47. The fourth-order valence-electron chi connectivity index (χ4n) is 3.79. The average molecular weight is 399 g/mol. The van der Waals surface area contributed by atoms with Crippen LogP contribution in [-0.4, -0.2) is 25.7 Å². The van der Waals surface area contributed by atoms with Gasteiger partial charge in [0.15, 0.2) is 5.65 Å². The number of carbonyl (C=O) groups is 1. The average Bonchev–Trinajstić information content (AvgIpc) is 3.10. The van der Waals surface area contributed by atoms with Crippen LogP contribution in [0.15, 0.2) is 60.8 Å². The van der Waals surface area contributed by atoms with Crippen molar-refractivity contribution >= 4 is 11.6 Å². The van der Waals surface area contributed by atoms with Crippen molar-refractivity contribution in [3.8, 4) is 11.1 Å². The van der Waals surface area contributed by atoms with Gasteiger partial charge in [-0.3, -0.25) is 0 Å². The number of fused-ring (bicyclic) bond motifs is 1. The van der Waals surface area contributed by atoms with E-state index in [0.717, 1.165) is 59.4 Å². The molecule has 0 aliphatic rings. The fraction of sp³-hybridized carbons (Fsp3) is 0.240. The van der Waals surface area contributed by atoms with Gasteiger partial charge in [-0.05, 0) is 47.2 Å². The lowest BCUT2D eigenvalue weighted by atomic mass is 9.97. The second kappa shape index (κ2) is 8.49. The Morgan fingerprint density at radius 1 is 1.03 bits per heavy atom. The molecule has 2 heterocycles. The first-order valence-electron chi connectivity index (χ1n) is 10.4. The van der Waals surface area contributed by atoms with E-state index in [4.69, 9.17) is 4.98 Å². The van der Waals surface area contributed by atoms with Crippen LogP contribution in [0.1, 0.15) is 53.1 Å². The molecule has 5 nitrogen and oxygen atoms in total. The molecule has 0 amide bonds. The number of benzene rings is 2. The fourth-order valence-corrected chi connectivity index (χ4v) is 3.79. The zero-order valence-electron chi connectivity index (χ0n) is 17.3. The third-order valence-corrected chi connectivity index (χ3v) is 5.40. The van der Waals surface area contributed by atoms with E-state index in [1.54, 1.807) is 12.1 Å². The van der Waals surface area contributed by atoms with E-state index in [1.165, 1.54) is 5.56 Å². The lowest BCUT2D eigenvalue weighted by molar-refractivity contribution is 0.0697. The maximum atomic E-state index is 11.5. The van der Waals surface area contributed by atoms with Crippen molar-refractivity contribution in [3.05, 3.63) is 88.9 Å². The summed E-state index contributed by atoms with van der Waals surface area (Å²) in [5.41, 5.74) is 7.39. The van der Waals surface area contributed by atoms with Crippen LogP contribution in [0, 0.1) is 0 Å². The minimum atomic E-state index is -0.915. The standard InChI is InChI=1S/C25H25N3O2/c1-3-7-22-23(28-24(27-22)15-17(4-2)16-26-28)14-18-10-12-19(13-11-18)20-8-5-6-9-21(20)25(29)30/h5-6,8-13,15-16H,3-4,7,14H2,1-2H3,(H,29,30). The maximum Gasteiger partial charge on any atom is 0.336 e. The van der Waals surface area contributed by atoms with Gasteiger partial charge in [0.1, 0.15) is 0 Å². The van der Waals surface area contributed by atoms with Crippen molar-refractivity contribution in [2.24, 2.45) is 0 Å². The summed E-state index contributed by atoms with van der Waals surface area (Å²) >= 11 is 0. The highest BCUT2D eigenvalue weighted by Gasteiger charge is 2.15. The normalized spacial score (nSPS) is 11.1. The molecule has 0 saturated heterocycles. The van der Waals surface area contributed by atoms with E-state index in [9.17, 15) is 9.90 Å². The van der Waals surface area contributed by atoms with Crippen molar-refractivity contribution < 1.29 is 9.90 Å². The van der Waals surface area contributed by atoms with E-state index in [0.29, 0.717) is 5.56 Å². The van der Waals surface area contributed by atoms with Crippen molar-refractivity contribution in [3.63, 3.8) is 0 Å². The van der Waals surface area contributed by atoms with Gasteiger partial charge in [0.05, 0.1) is 23.1 Å². The molecule has 0 radical (unpaired) electrons. The van der Waals surface area contributed by atoms with Crippen LogP contribution in [0.5, 0.6) is 0 Å². The third kappa shape index (κ3) is 3.83. The quantitative estimate of drug-likeness (QED) is 0.464. The summed E-state index contributed by atoms with van der Waals surface area (Å²) in [6.45, 7) is 4.28. The molecule has 5 heteroatoms. The van der Waals surface area contributed by atoms with Crippen LogP contribution in [0.2, 0.25) is 0 Å². The Labute approximate surface area is 176 Å². The molecule has 0 aliphatic heterocycles. The molecule has 0 bridgehead atoms. The van der Waals surface area contributed by atoms with Gasteiger partial charge in [-0.1, -0.05) is 62.7 Å². The third-order valence-electron chi connectivity index (χ3n) is 5.40. The van der Waals surface area contributed by atoms with Gasteiger partial charge in [0.25, 0.3) is 0 Å². The van der Waals surface area contributed by atoms with Gasteiger partial charge in [-0.15, -0.1) is 0 Å². The molecule has 152 valence electrons. The van der Waals surface area contributed by atoms with E-state index in [1.807, 2.05) is 35.0 Å². The Bertz CT molecular complexity index is 1190. The van der Waals surface area contributed by atoms with E-state index >= 15 is 0 Å². The highest BCUT2D eigenvalue weighted by molar-refractivity contribution is 5.95. The summed E-state index contributed by atoms with van der Waals surface area (Å²) in [5.74, 6) is -0.915. The predicted octanol–water partition coefficient (Wildman–Crippen LogP) is 5.20. The molecule has 4 rings (SSSR count). The van der Waals surface area contributed by atoms with Gasteiger partial charge < -0.3 is 5.11 Å². The molecule has 0 saturated carbocycles. The Kier molecular flexibility index (Phi) is 5.61. The molecule has 0 unspecified atom stereocenters. The Morgan fingerprint density at radius 2 is 1.80 bits per heavy atom. The van der Waals surface area contributed by atoms with Gasteiger partial charge in [0, 0.05) is 6.42 Å². The summed E-state index contributed by atoms with van der Waals surface area (Å²) < 4.78 is 1.96.